The quantitative estimate of drug-likeness (QED) is 0.402. The number of carbonyl (C=O) groups excluding carboxylic acids is 1. The van der Waals surface area contributed by atoms with Crippen molar-refractivity contribution in [2.75, 3.05) is 19.1 Å². The number of thioether (sulfide) groups is 2. The monoisotopic (exact) mass is 218 g/mol. The number of carbonyl (C=O) groups is 1. The van der Waals surface area contributed by atoms with Crippen molar-refractivity contribution in [1.82, 2.24) is 0 Å². The average Bonchev–Trinajstić information content (AvgIpc) is 2.14. The van der Waals surface area contributed by atoms with E-state index in [2.05, 4.69) is 6.58 Å². The van der Waals surface area contributed by atoms with Gasteiger partial charge in [-0.15, -0.1) is 23.5 Å². The fraction of sp³-hybridized carbons (Fsp3) is 0.444. The van der Waals surface area contributed by atoms with Crippen molar-refractivity contribution in [2.24, 2.45) is 0 Å². The summed E-state index contributed by atoms with van der Waals surface area (Å²) in [6, 6.07) is 0. The van der Waals surface area contributed by atoms with E-state index >= 15 is 0 Å². The SMILES string of the molecule is C=CC(C(=O)OCC)=C(SC)SC. The minimum Gasteiger partial charge on any atom is -0.462 e. The first kappa shape index (κ1) is 12.7. The Morgan fingerprint density at radius 1 is 1.46 bits per heavy atom. The van der Waals surface area contributed by atoms with Gasteiger partial charge in [0, 0.05) is 0 Å². The molecule has 0 rings (SSSR count). The van der Waals surface area contributed by atoms with Crippen LogP contribution in [0.1, 0.15) is 6.92 Å². The van der Waals surface area contributed by atoms with Crippen LogP contribution in [0, 0.1) is 0 Å². The number of hydrogen-bond acceptors (Lipinski definition) is 4. The highest BCUT2D eigenvalue weighted by Crippen LogP contribution is 2.28. The molecule has 0 atom stereocenters. The summed E-state index contributed by atoms with van der Waals surface area (Å²) < 4.78 is 5.82. The third-order valence-corrected chi connectivity index (χ3v) is 3.47. The molecule has 0 amide bonds. The fourth-order valence-corrected chi connectivity index (χ4v) is 2.20. The van der Waals surface area contributed by atoms with Gasteiger partial charge >= 0.3 is 5.97 Å². The number of hydrogen-bond donors (Lipinski definition) is 0. The zero-order valence-electron chi connectivity index (χ0n) is 8.12. The summed E-state index contributed by atoms with van der Waals surface area (Å²) in [5, 5.41) is 0. The second-order valence-corrected chi connectivity index (χ2v) is 3.93. The molecule has 0 bridgehead atoms. The molecule has 0 saturated heterocycles. The van der Waals surface area contributed by atoms with Crippen LogP contribution in [0.3, 0.4) is 0 Å². The molecule has 0 aliphatic rings. The Morgan fingerprint density at radius 2 is 2.00 bits per heavy atom. The molecule has 0 fully saturated rings. The Labute approximate surface area is 87.8 Å². The van der Waals surface area contributed by atoms with Gasteiger partial charge in [0.05, 0.1) is 16.4 Å². The third-order valence-electron chi connectivity index (χ3n) is 1.29. The van der Waals surface area contributed by atoms with E-state index in [0.717, 1.165) is 4.24 Å². The molecule has 2 nitrogen and oxygen atoms in total. The highest BCUT2D eigenvalue weighted by molar-refractivity contribution is 8.21. The standard InChI is InChI=1S/C9H14O2S2/c1-5-7(8(10)11-6-2)9(12-3)13-4/h5H,1,6H2,2-4H3. The topological polar surface area (TPSA) is 26.3 Å². The molecule has 74 valence electrons. The summed E-state index contributed by atoms with van der Waals surface area (Å²) >= 11 is 3.05. The summed E-state index contributed by atoms with van der Waals surface area (Å²) in [7, 11) is 0. The van der Waals surface area contributed by atoms with Crippen LogP contribution in [0.5, 0.6) is 0 Å². The largest absolute Gasteiger partial charge is 0.462 e. The van der Waals surface area contributed by atoms with Crippen LogP contribution in [-0.4, -0.2) is 25.1 Å². The molecule has 0 aromatic carbocycles. The maximum Gasteiger partial charge on any atom is 0.339 e. The van der Waals surface area contributed by atoms with Gasteiger partial charge in [-0.3, -0.25) is 0 Å². The zero-order valence-corrected chi connectivity index (χ0v) is 9.76. The van der Waals surface area contributed by atoms with E-state index < -0.39 is 0 Å². The number of esters is 1. The zero-order chi connectivity index (χ0) is 10.3. The van der Waals surface area contributed by atoms with Crippen LogP contribution < -0.4 is 0 Å². The van der Waals surface area contributed by atoms with Crippen molar-refractivity contribution in [1.29, 1.82) is 0 Å². The van der Waals surface area contributed by atoms with Crippen LogP contribution in [0.2, 0.25) is 0 Å². The summed E-state index contributed by atoms with van der Waals surface area (Å²) in [4.78, 5) is 11.4. The summed E-state index contributed by atoms with van der Waals surface area (Å²) in [5.41, 5.74) is 0.557. The molecule has 0 heterocycles. The number of ether oxygens (including phenoxy) is 1. The lowest BCUT2D eigenvalue weighted by molar-refractivity contribution is -0.138. The smallest absolute Gasteiger partial charge is 0.339 e. The van der Waals surface area contributed by atoms with E-state index in [1.807, 2.05) is 12.5 Å². The van der Waals surface area contributed by atoms with Crippen LogP contribution in [0.4, 0.5) is 0 Å². The third kappa shape index (κ3) is 3.91. The first-order valence-corrected chi connectivity index (χ1v) is 6.28. The summed E-state index contributed by atoms with van der Waals surface area (Å²) in [6.07, 6.45) is 5.39. The Morgan fingerprint density at radius 3 is 2.31 bits per heavy atom. The van der Waals surface area contributed by atoms with Gasteiger partial charge in [0.25, 0.3) is 0 Å². The Balaban J connectivity index is 4.73. The molecular weight excluding hydrogens is 204 g/mol. The molecule has 0 spiro atoms. The van der Waals surface area contributed by atoms with Gasteiger partial charge in [-0.25, -0.2) is 4.79 Å². The maximum atomic E-state index is 11.4. The van der Waals surface area contributed by atoms with Gasteiger partial charge in [0.1, 0.15) is 0 Å². The average molecular weight is 218 g/mol. The van der Waals surface area contributed by atoms with Crippen molar-refractivity contribution in [3.63, 3.8) is 0 Å². The molecule has 0 N–H and O–H groups in total. The van der Waals surface area contributed by atoms with E-state index in [0.29, 0.717) is 12.2 Å². The van der Waals surface area contributed by atoms with Gasteiger partial charge < -0.3 is 4.74 Å². The maximum absolute atomic E-state index is 11.4. The molecule has 4 heteroatoms. The second-order valence-electron chi connectivity index (χ2n) is 2.03. The normalized spacial score (nSPS) is 9.15. The Bertz CT molecular complexity index is 216. The molecule has 13 heavy (non-hydrogen) atoms. The predicted molar refractivity (Wildman–Crippen MR) is 60.9 cm³/mol. The van der Waals surface area contributed by atoms with Gasteiger partial charge in [-0.2, -0.15) is 0 Å². The lowest BCUT2D eigenvalue weighted by atomic mass is 10.3. The molecule has 0 unspecified atom stereocenters. The Hall–Kier alpha value is -0.350. The van der Waals surface area contributed by atoms with Gasteiger partial charge in [0.2, 0.25) is 0 Å². The van der Waals surface area contributed by atoms with Crippen molar-refractivity contribution in [3.8, 4) is 0 Å². The second kappa shape index (κ2) is 7.09. The van der Waals surface area contributed by atoms with Gasteiger partial charge in [-0.05, 0) is 19.4 Å². The van der Waals surface area contributed by atoms with Crippen LogP contribution in [-0.2, 0) is 9.53 Å². The first-order valence-electron chi connectivity index (χ1n) is 3.83. The highest BCUT2D eigenvalue weighted by Gasteiger charge is 2.11. The van der Waals surface area contributed by atoms with Crippen LogP contribution in [0.15, 0.2) is 22.5 Å². The van der Waals surface area contributed by atoms with E-state index in [-0.39, 0.29) is 5.97 Å². The lowest BCUT2D eigenvalue weighted by Gasteiger charge is -2.06. The van der Waals surface area contributed by atoms with E-state index in [4.69, 9.17) is 4.74 Å². The molecule has 0 aliphatic carbocycles. The van der Waals surface area contributed by atoms with Crippen molar-refractivity contribution < 1.29 is 9.53 Å². The first-order chi connectivity index (χ1) is 6.21. The van der Waals surface area contributed by atoms with E-state index in [9.17, 15) is 4.79 Å². The molecule has 0 radical (unpaired) electrons. The van der Waals surface area contributed by atoms with Gasteiger partial charge in [0.15, 0.2) is 0 Å². The van der Waals surface area contributed by atoms with E-state index in [1.165, 1.54) is 23.5 Å². The molecule has 0 saturated carbocycles. The van der Waals surface area contributed by atoms with Crippen molar-refractivity contribution in [3.05, 3.63) is 22.5 Å². The molecule has 0 aliphatic heterocycles. The predicted octanol–water partition coefficient (Wildman–Crippen LogP) is 2.67. The molecular formula is C9H14O2S2. The highest BCUT2D eigenvalue weighted by atomic mass is 32.2. The van der Waals surface area contributed by atoms with Crippen molar-refractivity contribution >= 4 is 29.5 Å². The summed E-state index contributed by atoms with van der Waals surface area (Å²) in [6.45, 7) is 5.78. The fourth-order valence-electron chi connectivity index (χ4n) is 0.762. The minimum atomic E-state index is -0.295. The number of rotatable bonds is 5. The lowest BCUT2D eigenvalue weighted by Crippen LogP contribution is -2.06. The Kier molecular flexibility index (Phi) is 6.90. The molecule has 0 aromatic heterocycles. The van der Waals surface area contributed by atoms with Crippen molar-refractivity contribution in [2.45, 2.75) is 6.92 Å². The molecule has 0 aromatic rings. The van der Waals surface area contributed by atoms with Gasteiger partial charge in [-0.1, -0.05) is 12.7 Å². The van der Waals surface area contributed by atoms with Crippen LogP contribution in [0.25, 0.3) is 0 Å². The summed E-state index contributed by atoms with van der Waals surface area (Å²) in [5.74, 6) is -0.295. The van der Waals surface area contributed by atoms with Crippen LogP contribution >= 0.6 is 23.5 Å². The minimum absolute atomic E-state index is 0.295. The van der Waals surface area contributed by atoms with E-state index in [1.54, 1.807) is 13.0 Å².